The lowest BCUT2D eigenvalue weighted by molar-refractivity contribution is -0.148. The molecule has 0 saturated heterocycles. The van der Waals surface area contributed by atoms with Crippen molar-refractivity contribution in [3.63, 3.8) is 0 Å². The van der Waals surface area contributed by atoms with Gasteiger partial charge in [0.15, 0.2) is 6.61 Å². The van der Waals surface area contributed by atoms with Crippen LogP contribution in [0.15, 0.2) is 66.7 Å². The first-order chi connectivity index (χ1) is 13.0. The molecule has 0 fully saturated rings. The van der Waals surface area contributed by atoms with E-state index in [2.05, 4.69) is 5.32 Å². The Morgan fingerprint density at radius 2 is 1.70 bits per heavy atom. The summed E-state index contributed by atoms with van der Waals surface area (Å²) in [5.41, 5.74) is 1.63. The van der Waals surface area contributed by atoms with Gasteiger partial charge in [-0.15, -0.1) is 0 Å². The minimum Gasteiger partial charge on any atom is -0.455 e. The van der Waals surface area contributed by atoms with Gasteiger partial charge in [-0.25, -0.2) is 4.39 Å². The lowest BCUT2D eigenvalue weighted by atomic mass is 10.00. The third-order valence-electron chi connectivity index (χ3n) is 4.29. The number of ether oxygens (including phenoxy) is 1. The third-order valence-corrected chi connectivity index (χ3v) is 4.29. The predicted octanol–water partition coefficient (Wildman–Crippen LogP) is 3.94. The van der Waals surface area contributed by atoms with Gasteiger partial charge in [-0.2, -0.15) is 0 Å². The first kappa shape index (κ1) is 18.6. The van der Waals surface area contributed by atoms with Crippen LogP contribution in [-0.2, 0) is 20.7 Å². The molecule has 3 aromatic carbocycles. The highest BCUT2D eigenvalue weighted by molar-refractivity contribution is 5.87. The van der Waals surface area contributed by atoms with Gasteiger partial charge < -0.3 is 10.1 Å². The summed E-state index contributed by atoms with van der Waals surface area (Å²) >= 11 is 0. The summed E-state index contributed by atoms with van der Waals surface area (Å²) in [5.74, 6) is -1.27. The zero-order valence-electron chi connectivity index (χ0n) is 14.9. The monoisotopic (exact) mass is 365 g/mol. The Morgan fingerprint density at radius 3 is 2.48 bits per heavy atom. The molecule has 1 amide bonds. The van der Waals surface area contributed by atoms with E-state index in [9.17, 15) is 14.0 Å². The zero-order chi connectivity index (χ0) is 19.2. The Kier molecular flexibility index (Phi) is 5.81. The van der Waals surface area contributed by atoms with Gasteiger partial charge in [0, 0.05) is 0 Å². The summed E-state index contributed by atoms with van der Waals surface area (Å²) in [6.45, 7) is 1.54. The second-order valence-corrected chi connectivity index (χ2v) is 6.32. The summed E-state index contributed by atoms with van der Waals surface area (Å²) < 4.78 is 17.9. The number of hydrogen-bond donors (Lipinski definition) is 1. The van der Waals surface area contributed by atoms with Crippen LogP contribution in [0.3, 0.4) is 0 Å². The van der Waals surface area contributed by atoms with Crippen molar-refractivity contribution < 1.29 is 18.7 Å². The SMILES string of the molecule is CC(NC(=O)COC(=O)Cc1ccc(F)cc1)c1cccc2ccccc12. The van der Waals surface area contributed by atoms with E-state index in [1.165, 1.54) is 24.3 Å². The highest BCUT2D eigenvalue weighted by atomic mass is 19.1. The van der Waals surface area contributed by atoms with Crippen LogP contribution < -0.4 is 5.32 Å². The molecule has 3 rings (SSSR count). The average molecular weight is 365 g/mol. The van der Waals surface area contributed by atoms with Gasteiger partial charge in [0.1, 0.15) is 5.82 Å². The van der Waals surface area contributed by atoms with Crippen LogP contribution in [0.4, 0.5) is 4.39 Å². The highest BCUT2D eigenvalue weighted by Gasteiger charge is 2.14. The van der Waals surface area contributed by atoms with E-state index in [4.69, 9.17) is 4.74 Å². The van der Waals surface area contributed by atoms with Crippen LogP contribution in [0.25, 0.3) is 10.8 Å². The number of amides is 1. The molecular weight excluding hydrogens is 345 g/mol. The van der Waals surface area contributed by atoms with Crippen LogP contribution in [0.1, 0.15) is 24.1 Å². The van der Waals surface area contributed by atoms with Crippen LogP contribution >= 0.6 is 0 Å². The molecule has 0 radical (unpaired) electrons. The molecule has 0 heterocycles. The van der Waals surface area contributed by atoms with E-state index in [-0.39, 0.29) is 30.8 Å². The number of halogens is 1. The number of benzene rings is 3. The molecule has 0 aliphatic rings. The fraction of sp³-hybridized carbons (Fsp3) is 0.182. The molecule has 1 atom stereocenters. The smallest absolute Gasteiger partial charge is 0.310 e. The number of carbonyl (C=O) groups excluding carboxylic acids is 2. The van der Waals surface area contributed by atoms with Crippen molar-refractivity contribution in [2.45, 2.75) is 19.4 Å². The van der Waals surface area contributed by atoms with Gasteiger partial charge in [0.2, 0.25) is 0 Å². The van der Waals surface area contributed by atoms with Crippen molar-refractivity contribution in [3.8, 4) is 0 Å². The quantitative estimate of drug-likeness (QED) is 0.673. The molecular formula is C22H20FNO3. The average Bonchev–Trinajstić information content (AvgIpc) is 2.67. The van der Waals surface area contributed by atoms with E-state index in [1.54, 1.807) is 0 Å². The standard InChI is InChI=1S/C22H20FNO3/c1-15(19-8-4-6-17-5-2-3-7-20(17)19)24-21(25)14-27-22(26)13-16-9-11-18(23)12-10-16/h2-12,15H,13-14H2,1H3,(H,24,25). The molecule has 0 bridgehead atoms. The second kappa shape index (κ2) is 8.45. The minimum atomic E-state index is -0.533. The molecule has 27 heavy (non-hydrogen) atoms. The number of rotatable bonds is 6. The highest BCUT2D eigenvalue weighted by Crippen LogP contribution is 2.23. The lowest BCUT2D eigenvalue weighted by Gasteiger charge is -2.16. The minimum absolute atomic E-state index is 0.00750. The van der Waals surface area contributed by atoms with E-state index in [0.29, 0.717) is 5.56 Å². The largest absolute Gasteiger partial charge is 0.455 e. The van der Waals surface area contributed by atoms with Crippen LogP contribution in [0.5, 0.6) is 0 Å². The molecule has 5 heteroatoms. The van der Waals surface area contributed by atoms with Crippen molar-refractivity contribution in [1.82, 2.24) is 5.32 Å². The third kappa shape index (κ3) is 4.91. The van der Waals surface area contributed by atoms with Gasteiger partial charge in [0.05, 0.1) is 12.5 Å². The van der Waals surface area contributed by atoms with Crippen molar-refractivity contribution in [3.05, 3.63) is 83.7 Å². The maximum Gasteiger partial charge on any atom is 0.310 e. The van der Waals surface area contributed by atoms with Crippen molar-refractivity contribution in [2.24, 2.45) is 0 Å². The summed E-state index contributed by atoms with van der Waals surface area (Å²) in [5, 5.41) is 5.02. The van der Waals surface area contributed by atoms with E-state index in [1.807, 2.05) is 49.4 Å². The fourth-order valence-electron chi connectivity index (χ4n) is 2.95. The number of esters is 1. The van der Waals surface area contributed by atoms with Gasteiger partial charge in [-0.05, 0) is 41.0 Å². The molecule has 0 spiro atoms. The normalized spacial score (nSPS) is 11.8. The van der Waals surface area contributed by atoms with E-state index in [0.717, 1.165) is 16.3 Å². The molecule has 0 saturated carbocycles. The summed E-state index contributed by atoms with van der Waals surface area (Å²) in [6, 6.07) is 19.2. The Hall–Kier alpha value is -3.21. The van der Waals surface area contributed by atoms with Crippen molar-refractivity contribution in [1.29, 1.82) is 0 Å². The lowest BCUT2D eigenvalue weighted by Crippen LogP contribution is -2.31. The first-order valence-electron chi connectivity index (χ1n) is 8.70. The topological polar surface area (TPSA) is 55.4 Å². The number of hydrogen-bond acceptors (Lipinski definition) is 3. The molecule has 138 valence electrons. The first-order valence-corrected chi connectivity index (χ1v) is 8.70. The number of fused-ring (bicyclic) bond motifs is 1. The Bertz CT molecular complexity index is 948. The maximum atomic E-state index is 12.9. The van der Waals surface area contributed by atoms with Crippen LogP contribution in [-0.4, -0.2) is 18.5 Å². The Balaban J connectivity index is 1.54. The van der Waals surface area contributed by atoms with E-state index < -0.39 is 5.97 Å². The molecule has 0 aliphatic carbocycles. The Morgan fingerprint density at radius 1 is 1.00 bits per heavy atom. The van der Waals surface area contributed by atoms with Crippen molar-refractivity contribution in [2.75, 3.05) is 6.61 Å². The fourth-order valence-corrected chi connectivity index (χ4v) is 2.95. The predicted molar refractivity (Wildman–Crippen MR) is 102 cm³/mol. The van der Waals surface area contributed by atoms with Gasteiger partial charge in [-0.1, -0.05) is 54.6 Å². The van der Waals surface area contributed by atoms with E-state index >= 15 is 0 Å². The Labute approximate surface area is 157 Å². The number of nitrogens with one attached hydrogen (secondary N) is 1. The number of carbonyl (C=O) groups is 2. The van der Waals surface area contributed by atoms with Crippen LogP contribution in [0.2, 0.25) is 0 Å². The van der Waals surface area contributed by atoms with Gasteiger partial charge in [-0.3, -0.25) is 9.59 Å². The van der Waals surface area contributed by atoms with Gasteiger partial charge >= 0.3 is 5.97 Å². The molecule has 0 aromatic heterocycles. The zero-order valence-corrected chi connectivity index (χ0v) is 14.9. The molecule has 0 aliphatic heterocycles. The molecule has 1 unspecified atom stereocenters. The molecule has 4 nitrogen and oxygen atoms in total. The second-order valence-electron chi connectivity index (χ2n) is 6.32. The summed E-state index contributed by atoms with van der Waals surface area (Å²) in [7, 11) is 0. The maximum absolute atomic E-state index is 12.9. The van der Waals surface area contributed by atoms with Crippen LogP contribution in [0, 0.1) is 5.82 Å². The summed E-state index contributed by atoms with van der Waals surface area (Å²) in [4.78, 5) is 24.0. The molecule has 1 N–H and O–H groups in total. The summed E-state index contributed by atoms with van der Waals surface area (Å²) in [6.07, 6.45) is -0.00750. The van der Waals surface area contributed by atoms with Crippen molar-refractivity contribution >= 4 is 22.6 Å². The van der Waals surface area contributed by atoms with Gasteiger partial charge in [0.25, 0.3) is 5.91 Å². The molecule has 3 aromatic rings.